The zero-order valence-corrected chi connectivity index (χ0v) is 11.2. The Morgan fingerprint density at radius 1 is 1.26 bits per heavy atom. The third kappa shape index (κ3) is 2.06. The predicted molar refractivity (Wildman–Crippen MR) is 72.3 cm³/mol. The molecule has 1 unspecified atom stereocenters. The number of rotatable bonds is 2. The van der Waals surface area contributed by atoms with Gasteiger partial charge in [0.25, 0.3) is 5.78 Å². The number of nitrogens with one attached hydrogen (secondary N) is 1. The molecule has 1 saturated heterocycles. The maximum atomic E-state index is 12.1. The van der Waals surface area contributed by atoms with Crippen molar-refractivity contribution in [2.24, 2.45) is 0 Å². The average Bonchev–Trinajstić information content (AvgIpc) is 2.67. The molecule has 0 spiro atoms. The van der Waals surface area contributed by atoms with Crippen molar-refractivity contribution in [3.63, 3.8) is 0 Å². The first-order valence-corrected chi connectivity index (χ1v) is 6.98. The molecule has 2 atom stereocenters. The minimum absolute atomic E-state index is 0.361. The molecule has 1 aromatic rings. The van der Waals surface area contributed by atoms with Crippen molar-refractivity contribution in [3.8, 4) is 0 Å². The molecule has 0 radical (unpaired) electrons. The Balaban J connectivity index is 1.85. The van der Waals surface area contributed by atoms with Crippen molar-refractivity contribution < 1.29 is 14.5 Å². The quantitative estimate of drug-likeness (QED) is 0.792. The molecule has 100 valence electrons. The molecular formula is C15H19N2O2+. The number of carbonyl (C=O) groups is 2. The molecular weight excluding hydrogens is 240 g/mol. The average molecular weight is 259 g/mol. The molecule has 0 aromatic heterocycles. The van der Waals surface area contributed by atoms with Crippen LogP contribution in [0.4, 0.5) is 5.69 Å². The molecule has 4 nitrogen and oxygen atoms in total. The fraction of sp³-hybridized carbons (Fsp3) is 0.467. The van der Waals surface area contributed by atoms with Gasteiger partial charge in [0.1, 0.15) is 0 Å². The number of piperidine rings is 1. The molecule has 19 heavy (non-hydrogen) atoms. The van der Waals surface area contributed by atoms with E-state index in [0.29, 0.717) is 18.3 Å². The number of fused-ring (bicyclic) bond motifs is 1. The standard InChI is InChI=1S/C15H18N2O2/c1-11-6-4-5-9-16(11)10-17-13-8-3-2-7-12(13)14(18)15(17)19/h2-3,7-8,11H,4-6,9-10H2,1H3/p+1/t11-/m1/s1. The highest BCUT2D eigenvalue weighted by Gasteiger charge is 2.38. The van der Waals surface area contributed by atoms with E-state index in [0.717, 1.165) is 12.2 Å². The van der Waals surface area contributed by atoms with Gasteiger partial charge in [-0.05, 0) is 38.3 Å². The van der Waals surface area contributed by atoms with Crippen LogP contribution >= 0.6 is 0 Å². The number of likely N-dealkylation sites (tertiary alicyclic amines) is 1. The van der Waals surface area contributed by atoms with Crippen LogP contribution in [0, 0.1) is 0 Å². The van der Waals surface area contributed by atoms with E-state index in [1.807, 2.05) is 18.2 Å². The highest BCUT2D eigenvalue weighted by atomic mass is 16.2. The fourth-order valence-electron chi connectivity index (χ4n) is 3.10. The Morgan fingerprint density at radius 3 is 2.84 bits per heavy atom. The highest BCUT2D eigenvalue weighted by molar-refractivity contribution is 6.52. The van der Waals surface area contributed by atoms with Gasteiger partial charge in [0.2, 0.25) is 0 Å². The van der Waals surface area contributed by atoms with Crippen molar-refractivity contribution in [1.29, 1.82) is 0 Å². The predicted octanol–water partition coefficient (Wildman–Crippen LogP) is 0.631. The Morgan fingerprint density at radius 2 is 2.05 bits per heavy atom. The van der Waals surface area contributed by atoms with Gasteiger partial charge in [-0.15, -0.1) is 0 Å². The number of benzene rings is 1. The summed E-state index contributed by atoms with van der Waals surface area (Å²) < 4.78 is 0. The molecule has 0 bridgehead atoms. The number of hydrogen-bond donors (Lipinski definition) is 1. The number of para-hydroxylation sites is 1. The van der Waals surface area contributed by atoms with Gasteiger partial charge in [0.05, 0.1) is 23.8 Å². The first-order valence-electron chi connectivity index (χ1n) is 6.98. The van der Waals surface area contributed by atoms with Crippen molar-refractivity contribution in [2.45, 2.75) is 32.2 Å². The lowest BCUT2D eigenvalue weighted by molar-refractivity contribution is -0.927. The number of nitrogens with zero attached hydrogens (tertiary/aromatic N) is 1. The van der Waals surface area contributed by atoms with Crippen LogP contribution < -0.4 is 9.80 Å². The van der Waals surface area contributed by atoms with Crippen molar-refractivity contribution in [1.82, 2.24) is 0 Å². The van der Waals surface area contributed by atoms with Crippen molar-refractivity contribution in [2.75, 3.05) is 18.1 Å². The number of hydrogen-bond acceptors (Lipinski definition) is 2. The summed E-state index contributed by atoms with van der Waals surface area (Å²) >= 11 is 0. The van der Waals surface area contributed by atoms with Crippen molar-refractivity contribution >= 4 is 17.4 Å². The minimum Gasteiger partial charge on any atom is -0.315 e. The second-order valence-corrected chi connectivity index (χ2v) is 5.54. The molecule has 2 heterocycles. The maximum absolute atomic E-state index is 12.1. The zero-order valence-electron chi connectivity index (χ0n) is 11.2. The number of carbonyl (C=O) groups excluding carboxylic acids is 2. The second kappa shape index (κ2) is 4.78. The summed E-state index contributed by atoms with van der Waals surface area (Å²) in [7, 11) is 0. The third-order valence-corrected chi connectivity index (χ3v) is 4.32. The van der Waals surface area contributed by atoms with E-state index in [2.05, 4.69) is 6.92 Å². The fourth-order valence-corrected chi connectivity index (χ4v) is 3.10. The highest BCUT2D eigenvalue weighted by Crippen LogP contribution is 2.27. The van der Waals surface area contributed by atoms with Crippen LogP contribution in [0.15, 0.2) is 24.3 Å². The van der Waals surface area contributed by atoms with Gasteiger partial charge >= 0.3 is 5.91 Å². The van der Waals surface area contributed by atoms with E-state index in [4.69, 9.17) is 0 Å². The summed E-state index contributed by atoms with van der Waals surface area (Å²) in [4.78, 5) is 27.1. The van der Waals surface area contributed by atoms with E-state index in [1.165, 1.54) is 24.2 Å². The monoisotopic (exact) mass is 259 g/mol. The molecule has 1 fully saturated rings. The number of Topliss-reactive ketones (excluding diaryl/α,β-unsaturated/α-hetero) is 1. The first-order chi connectivity index (χ1) is 9.18. The topological polar surface area (TPSA) is 41.8 Å². The van der Waals surface area contributed by atoms with E-state index >= 15 is 0 Å². The zero-order chi connectivity index (χ0) is 13.4. The van der Waals surface area contributed by atoms with Crippen LogP contribution in [0.5, 0.6) is 0 Å². The molecule has 3 rings (SSSR count). The first kappa shape index (κ1) is 12.4. The Hall–Kier alpha value is -1.68. The number of ketones is 1. The van der Waals surface area contributed by atoms with Crippen LogP contribution in [-0.2, 0) is 4.79 Å². The van der Waals surface area contributed by atoms with E-state index in [-0.39, 0.29) is 11.7 Å². The number of anilines is 1. The molecule has 2 aliphatic rings. The molecule has 1 N–H and O–H groups in total. The number of amides is 1. The number of quaternary nitrogens is 1. The van der Waals surface area contributed by atoms with Gasteiger partial charge in [-0.3, -0.25) is 14.5 Å². The molecule has 0 aliphatic carbocycles. The SMILES string of the molecule is C[C@@H]1CCCC[NH+]1CN1C(=O)C(=O)c2ccccc21. The molecule has 4 heteroatoms. The lowest BCUT2D eigenvalue weighted by Crippen LogP contribution is -3.17. The van der Waals surface area contributed by atoms with E-state index in [9.17, 15) is 9.59 Å². The lowest BCUT2D eigenvalue weighted by atomic mass is 10.0. The van der Waals surface area contributed by atoms with Crippen LogP contribution in [-0.4, -0.2) is 30.9 Å². The summed E-state index contributed by atoms with van der Waals surface area (Å²) in [6, 6.07) is 7.86. The van der Waals surface area contributed by atoms with Gasteiger partial charge in [-0.25, -0.2) is 0 Å². The summed E-state index contributed by atoms with van der Waals surface area (Å²) in [5, 5.41) is 0. The molecule has 1 aromatic carbocycles. The van der Waals surface area contributed by atoms with Crippen LogP contribution in [0.25, 0.3) is 0 Å². The smallest absolute Gasteiger partial charge is 0.303 e. The van der Waals surface area contributed by atoms with Crippen LogP contribution in [0.3, 0.4) is 0 Å². The minimum atomic E-state index is -0.369. The van der Waals surface area contributed by atoms with E-state index in [1.54, 1.807) is 11.0 Å². The summed E-state index contributed by atoms with van der Waals surface area (Å²) in [5.74, 6) is -0.730. The Labute approximate surface area is 113 Å². The largest absolute Gasteiger partial charge is 0.315 e. The molecule has 1 amide bonds. The molecule has 0 saturated carbocycles. The van der Waals surface area contributed by atoms with Gasteiger partial charge in [0, 0.05) is 0 Å². The second-order valence-electron chi connectivity index (χ2n) is 5.54. The van der Waals surface area contributed by atoms with E-state index < -0.39 is 0 Å². The Bertz CT molecular complexity index is 527. The lowest BCUT2D eigenvalue weighted by Gasteiger charge is -2.32. The van der Waals surface area contributed by atoms with Gasteiger partial charge in [-0.2, -0.15) is 0 Å². The van der Waals surface area contributed by atoms with Crippen molar-refractivity contribution in [3.05, 3.63) is 29.8 Å². The van der Waals surface area contributed by atoms with Gasteiger partial charge in [0.15, 0.2) is 6.67 Å². The maximum Gasteiger partial charge on any atom is 0.303 e. The Kier molecular flexibility index (Phi) is 3.11. The van der Waals surface area contributed by atoms with Gasteiger partial charge < -0.3 is 4.90 Å². The van der Waals surface area contributed by atoms with Crippen LogP contribution in [0.2, 0.25) is 0 Å². The summed E-state index contributed by atoms with van der Waals surface area (Å²) in [5.41, 5.74) is 1.33. The third-order valence-electron chi connectivity index (χ3n) is 4.32. The summed E-state index contributed by atoms with van der Waals surface area (Å²) in [6.07, 6.45) is 3.68. The normalized spacial score (nSPS) is 26.7. The summed E-state index contributed by atoms with van der Waals surface area (Å²) in [6.45, 7) is 3.92. The van der Waals surface area contributed by atoms with Crippen LogP contribution in [0.1, 0.15) is 36.5 Å². The van der Waals surface area contributed by atoms with Gasteiger partial charge in [-0.1, -0.05) is 12.1 Å². The molecule has 2 aliphatic heterocycles.